The van der Waals surface area contributed by atoms with Gasteiger partial charge in [0.1, 0.15) is 0 Å². The summed E-state index contributed by atoms with van der Waals surface area (Å²) in [6.45, 7) is 0.691. The first-order valence-electron chi connectivity index (χ1n) is 8.80. The summed E-state index contributed by atoms with van der Waals surface area (Å²) in [5.74, 6) is 0.842. The summed E-state index contributed by atoms with van der Waals surface area (Å²) >= 11 is 0. The molecule has 1 saturated heterocycles. The number of likely N-dealkylation sites (tertiary alicyclic amines) is 1. The van der Waals surface area contributed by atoms with Crippen LogP contribution in [-0.2, 0) is 4.74 Å². The monoisotopic (exact) mass is 369 g/mol. The normalized spacial score (nSPS) is 16.1. The number of rotatable bonds is 5. The Hall–Kier alpha value is -3.02. The topological polar surface area (TPSA) is 65.1 Å². The first-order valence-corrected chi connectivity index (χ1v) is 8.80. The lowest BCUT2D eigenvalue weighted by Gasteiger charge is -2.26. The van der Waals surface area contributed by atoms with Crippen molar-refractivity contribution >= 4 is 11.9 Å². The van der Waals surface area contributed by atoms with E-state index in [1.807, 2.05) is 23.1 Å². The fraction of sp³-hybridized carbons (Fsp3) is 0.333. The molecule has 0 saturated carbocycles. The van der Waals surface area contributed by atoms with Crippen LogP contribution >= 0.6 is 0 Å². The molecule has 0 N–H and O–H groups in total. The number of nitrogens with zero attached hydrogens (tertiary/aromatic N) is 1. The predicted octanol–water partition coefficient (Wildman–Crippen LogP) is 3.47. The first kappa shape index (κ1) is 18.8. The van der Waals surface area contributed by atoms with Crippen molar-refractivity contribution in [1.29, 1.82) is 0 Å². The SMILES string of the molecule is COC(=O)c1ccc(C(=O)N2CCC[C@H]2c2ccc(OC)c(OC)c2)cc1. The first-order chi connectivity index (χ1) is 13.1. The third-order valence-corrected chi connectivity index (χ3v) is 4.86. The molecule has 0 spiro atoms. The van der Waals surface area contributed by atoms with Gasteiger partial charge < -0.3 is 19.1 Å². The number of methoxy groups -OCH3 is 3. The molecule has 2 aromatic rings. The molecule has 1 amide bonds. The summed E-state index contributed by atoms with van der Waals surface area (Å²) < 4.78 is 15.4. The van der Waals surface area contributed by atoms with Crippen molar-refractivity contribution in [3.05, 3.63) is 59.2 Å². The minimum absolute atomic E-state index is 0.0161. The number of hydrogen-bond acceptors (Lipinski definition) is 5. The van der Waals surface area contributed by atoms with Gasteiger partial charge in [-0.2, -0.15) is 0 Å². The minimum Gasteiger partial charge on any atom is -0.493 e. The maximum Gasteiger partial charge on any atom is 0.337 e. The Morgan fingerprint density at radius 3 is 2.22 bits per heavy atom. The summed E-state index contributed by atoms with van der Waals surface area (Å²) in [7, 11) is 4.53. The highest BCUT2D eigenvalue weighted by atomic mass is 16.5. The van der Waals surface area contributed by atoms with E-state index in [0.717, 1.165) is 18.4 Å². The molecule has 1 atom stereocenters. The quantitative estimate of drug-likeness (QED) is 0.755. The highest BCUT2D eigenvalue weighted by Gasteiger charge is 2.31. The van der Waals surface area contributed by atoms with Crippen LogP contribution < -0.4 is 9.47 Å². The molecular weight excluding hydrogens is 346 g/mol. The summed E-state index contributed by atoms with van der Waals surface area (Å²) in [5, 5.41) is 0. The zero-order valence-corrected chi connectivity index (χ0v) is 15.7. The number of hydrogen-bond donors (Lipinski definition) is 0. The van der Waals surface area contributed by atoms with E-state index < -0.39 is 5.97 Å². The van der Waals surface area contributed by atoms with Crippen molar-refractivity contribution in [2.75, 3.05) is 27.9 Å². The van der Waals surface area contributed by atoms with Crippen LogP contribution in [0.5, 0.6) is 11.5 Å². The average Bonchev–Trinajstić information content (AvgIpc) is 3.22. The Labute approximate surface area is 158 Å². The van der Waals surface area contributed by atoms with Gasteiger partial charge in [-0.05, 0) is 54.8 Å². The van der Waals surface area contributed by atoms with E-state index in [9.17, 15) is 9.59 Å². The van der Waals surface area contributed by atoms with Gasteiger partial charge in [-0.1, -0.05) is 6.07 Å². The Morgan fingerprint density at radius 2 is 1.59 bits per heavy atom. The van der Waals surface area contributed by atoms with E-state index in [0.29, 0.717) is 29.2 Å². The molecule has 6 heteroatoms. The van der Waals surface area contributed by atoms with Gasteiger partial charge in [0.25, 0.3) is 5.91 Å². The molecule has 3 rings (SSSR count). The average molecular weight is 369 g/mol. The van der Waals surface area contributed by atoms with Gasteiger partial charge in [0.2, 0.25) is 0 Å². The van der Waals surface area contributed by atoms with Crippen LogP contribution in [0.15, 0.2) is 42.5 Å². The molecule has 0 unspecified atom stereocenters. The molecule has 0 bridgehead atoms. The Kier molecular flexibility index (Phi) is 5.64. The minimum atomic E-state index is -0.418. The van der Waals surface area contributed by atoms with Gasteiger partial charge in [-0.15, -0.1) is 0 Å². The zero-order valence-electron chi connectivity index (χ0n) is 15.7. The highest BCUT2D eigenvalue weighted by molar-refractivity contribution is 5.96. The molecule has 1 aliphatic rings. The van der Waals surface area contributed by atoms with Crippen molar-refractivity contribution < 1.29 is 23.8 Å². The fourth-order valence-corrected chi connectivity index (χ4v) is 3.45. The highest BCUT2D eigenvalue weighted by Crippen LogP contribution is 2.37. The molecular formula is C21H23NO5. The van der Waals surface area contributed by atoms with Crippen LogP contribution in [-0.4, -0.2) is 44.7 Å². The molecule has 1 heterocycles. The number of amides is 1. The fourth-order valence-electron chi connectivity index (χ4n) is 3.45. The van der Waals surface area contributed by atoms with E-state index in [4.69, 9.17) is 14.2 Å². The van der Waals surface area contributed by atoms with Gasteiger partial charge in [-0.25, -0.2) is 4.79 Å². The second-order valence-electron chi connectivity index (χ2n) is 6.34. The van der Waals surface area contributed by atoms with Crippen molar-refractivity contribution in [3.8, 4) is 11.5 Å². The largest absolute Gasteiger partial charge is 0.493 e. The van der Waals surface area contributed by atoms with Crippen LogP contribution in [0.2, 0.25) is 0 Å². The van der Waals surface area contributed by atoms with E-state index in [2.05, 4.69) is 0 Å². The molecule has 1 aliphatic heterocycles. The summed E-state index contributed by atoms with van der Waals surface area (Å²) in [5.41, 5.74) is 1.99. The number of ether oxygens (including phenoxy) is 3. The van der Waals surface area contributed by atoms with Crippen LogP contribution in [0.3, 0.4) is 0 Å². The smallest absolute Gasteiger partial charge is 0.337 e. The zero-order chi connectivity index (χ0) is 19.4. The lowest BCUT2D eigenvalue weighted by atomic mass is 10.0. The van der Waals surface area contributed by atoms with Crippen LogP contribution in [0.25, 0.3) is 0 Å². The predicted molar refractivity (Wildman–Crippen MR) is 100 cm³/mol. The molecule has 1 fully saturated rings. The lowest BCUT2D eigenvalue weighted by molar-refractivity contribution is 0.0599. The van der Waals surface area contributed by atoms with E-state index >= 15 is 0 Å². The van der Waals surface area contributed by atoms with Crippen LogP contribution in [0.1, 0.15) is 45.2 Å². The maximum atomic E-state index is 13.0. The molecule has 0 aliphatic carbocycles. The molecule has 27 heavy (non-hydrogen) atoms. The second-order valence-corrected chi connectivity index (χ2v) is 6.34. The molecule has 142 valence electrons. The summed E-state index contributed by atoms with van der Waals surface area (Å²) in [4.78, 5) is 26.4. The van der Waals surface area contributed by atoms with Gasteiger partial charge in [0.15, 0.2) is 11.5 Å². The Morgan fingerprint density at radius 1 is 0.926 bits per heavy atom. The third kappa shape index (κ3) is 3.74. The van der Waals surface area contributed by atoms with E-state index in [-0.39, 0.29) is 11.9 Å². The van der Waals surface area contributed by atoms with Crippen molar-refractivity contribution in [2.24, 2.45) is 0 Å². The van der Waals surface area contributed by atoms with E-state index in [1.165, 1.54) is 7.11 Å². The van der Waals surface area contributed by atoms with Crippen LogP contribution in [0.4, 0.5) is 0 Å². The summed E-state index contributed by atoms with van der Waals surface area (Å²) in [6.07, 6.45) is 1.83. The number of benzene rings is 2. The van der Waals surface area contributed by atoms with Gasteiger partial charge in [0, 0.05) is 12.1 Å². The van der Waals surface area contributed by atoms with Crippen molar-refractivity contribution in [3.63, 3.8) is 0 Å². The van der Waals surface area contributed by atoms with Crippen molar-refractivity contribution in [1.82, 2.24) is 4.90 Å². The van der Waals surface area contributed by atoms with Gasteiger partial charge >= 0.3 is 5.97 Å². The molecule has 0 aromatic heterocycles. The van der Waals surface area contributed by atoms with Crippen LogP contribution in [0, 0.1) is 0 Å². The van der Waals surface area contributed by atoms with Crippen molar-refractivity contribution in [2.45, 2.75) is 18.9 Å². The molecule has 6 nitrogen and oxygen atoms in total. The number of esters is 1. The van der Waals surface area contributed by atoms with Gasteiger partial charge in [0.05, 0.1) is 32.9 Å². The Balaban J connectivity index is 1.83. The number of carbonyl (C=O) groups is 2. The lowest BCUT2D eigenvalue weighted by Crippen LogP contribution is -2.30. The standard InChI is InChI=1S/C21H23NO5/c1-25-18-11-10-16(13-19(18)26-2)17-5-4-12-22(17)20(23)14-6-8-15(9-7-14)21(24)27-3/h6-11,13,17H,4-5,12H2,1-3H3/t17-/m0/s1. The third-order valence-electron chi connectivity index (χ3n) is 4.86. The maximum absolute atomic E-state index is 13.0. The number of carbonyl (C=O) groups excluding carboxylic acids is 2. The summed E-state index contributed by atoms with van der Waals surface area (Å²) in [6, 6.07) is 12.3. The molecule has 0 radical (unpaired) electrons. The van der Waals surface area contributed by atoms with E-state index in [1.54, 1.807) is 38.5 Å². The molecule has 2 aromatic carbocycles. The Bertz CT molecular complexity index is 831. The van der Waals surface area contributed by atoms with Gasteiger partial charge in [-0.3, -0.25) is 4.79 Å². The second kappa shape index (κ2) is 8.12.